The molecule has 0 bridgehead atoms. The summed E-state index contributed by atoms with van der Waals surface area (Å²) in [7, 11) is 1.66. The van der Waals surface area contributed by atoms with Gasteiger partial charge in [-0.2, -0.15) is 0 Å². The highest BCUT2D eigenvalue weighted by Gasteiger charge is 2.18. The molecule has 1 atom stereocenters. The molecular weight excluding hydrogens is 380 g/mol. The van der Waals surface area contributed by atoms with Gasteiger partial charge in [0.2, 0.25) is 0 Å². The zero-order chi connectivity index (χ0) is 20.3. The number of pyridine rings is 2. The Labute approximate surface area is 174 Å². The number of para-hydroxylation sites is 1. The van der Waals surface area contributed by atoms with Crippen molar-refractivity contribution in [2.45, 2.75) is 12.5 Å². The van der Waals surface area contributed by atoms with Crippen molar-refractivity contribution in [3.63, 3.8) is 0 Å². The molecule has 7 nitrogen and oxygen atoms in total. The van der Waals surface area contributed by atoms with E-state index in [-0.39, 0.29) is 6.10 Å². The number of ether oxygens (including phenoxy) is 3. The third-order valence-electron chi connectivity index (χ3n) is 5.30. The zero-order valence-corrected chi connectivity index (χ0v) is 16.9. The van der Waals surface area contributed by atoms with E-state index in [1.807, 2.05) is 47.1 Å². The lowest BCUT2D eigenvalue weighted by molar-refractivity contribution is 0.146. The molecule has 1 unspecified atom stereocenters. The van der Waals surface area contributed by atoms with Gasteiger partial charge in [0, 0.05) is 31.3 Å². The third-order valence-corrected chi connectivity index (χ3v) is 5.30. The Hall–Kier alpha value is -3.16. The number of aromatic nitrogens is 3. The SMILES string of the molecule is COCCOc1ccn2c(-c3ccc4cccc(OC5CCNC5)c4n3)cnc2c1. The fourth-order valence-corrected chi connectivity index (χ4v) is 3.75. The van der Waals surface area contributed by atoms with Crippen molar-refractivity contribution in [1.29, 1.82) is 0 Å². The van der Waals surface area contributed by atoms with E-state index in [2.05, 4.69) is 22.4 Å². The van der Waals surface area contributed by atoms with Gasteiger partial charge in [-0.15, -0.1) is 0 Å². The number of hydrogen-bond acceptors (Lipinski definition) is 6. The van der Waals surface area contributed by atoms with Crippen LogP contribution in [0.2, 0.25) is 0 Å². The quantitative estimate of drug-likeness (QED) is 0.477. The van der Waals surface area contributed by atoms with E-state index in [0.717, 1.165) is 58.9 Å². The highest BCUT2D eigenvalue weighted by atomic mass is 16.5. The van der Waals surface area contributed by atoms with Crippen molar-refractivity contribution < 1.29 is 14.2 Å². The second kappa shape index (κ2) is 8.30. The van der Waals surface area contributed by atoms with Crippen LogP contribution in [-0.4, -0.2) is 53.9 Å². The molecule has 4 aromatic rings. The van der Waals surface area contributed by atoms with Gasteiger partial charge >= 0.3 is 0 Å². The van der Waals surface area contributed by atoms with Gasteiger partial charge < -0.3 is 19.5 Å². The van der Waals surface area contributed by atoms with Gasteiger partial charge in [0.05, 0.1) is 24.2 Å². The fraction of sp³-hybridized carbons (Fsp3) is 0.304. The molecule has 1 aromatic carbocycles. The summed E-state index contributed by atoms with van der Waals surface area (Å²) in [5.74, 6) is 1.59. The average Bonchev–Trinajstić information content (AvgIpc) is 3.43. The van der Waals surface area contributed by atoms with E-state index in [9.17, 15) is 0 Å². The van der Waals surface area contributed by atoms with Crippen molar-refractivity contribution in [3.05, 3.63) is 54.9 Å². The number of hydrogen-bond donors (Lipinski definition) is 1. The van der Waals surface area contributed by atoms with Crippen LogP contribution in [0.25, 0.3) is 27.9 Å². The first-order valence-electron chi connectivity index (χ1n) is 10.2. The Morgan fingerprint density at radius 3 is 3.00 bits per heavy atom. The monoisotopic (exact) mass is 404 g/mol. The Morgan fingerprint density at radius 1 is 1.17 bits per heavy atom. The maximum atomic E-state index is 6.24. The Bertz CT molecular complexity index is 1170. The molecule has 30 heavy (non-hydrogen) atoms. The van der Waals surface area contributed by atoms with Crippen LogP contribution in [0.4, 0.5) is 0 Å². The van der Waals surface area contributed by atoms with Gasteiger partial charge in [-0.25, -0.2) is 9.97 Å². The smallest absolute Gasteiger partial charge is 0.146 e. The molecule has 0 saturated carbocycles. The normalized spacial score (nSPS) is 16.4. The van der Waals surface area contributed by atoms with E-state index in [0.29, 0.717) is 13.2 Å². The lowest BCUT2D eigenvalue weighted by atomic mass is 10.1. The number of benzene rings is 1. The van der Waals surface area contributed by atoms with E-state index in [1.165, 1.54) is 0 Å². The summed E-state index contributed by atoms with van der Waals surface area (Å²) in [5.41, 5.74) is 3.45. The Kier molecular flexibility index (Phi) is 5.21. The minimum absolute atomic E-state index is 0.188. The summed E-state index contributed by atoms with van der Waals surface area (Å²) in [5, 5.41) is 4.40. The van der Waals surface area contributed by atoms with Crippen LogP contribution < -0.4 is 14.8 Å². The van der Waals surface area contributed by atoms with Crippen molar-refractivity contribution in [1.82, 2.24) is 19.7 Å². The fourth-order valence-electron chi connectivity index (χ4n) is 3.75. The number of nitrogens with one attached hydrogen (secondary N) is 1. The highest BCUT2D eigenvalue weighted by Crippen LogP contribution is 2.29. The van der Waals surface area contributed by atoms with Crippen LogP contribution in [0.3, 0.4) is 0 Å². The molecular formula is C23H24N4O3. The summed E-state index contributed by atoms with van der Waals surface area (Å²) in [4.78, 5) is 9.48. The molecule has 1 saturated heterocycles. The minimum atomic E-state index is 0.188. The molecule has 3 aromatic heterocycles. The highest BCUT2D eigenvalue weighted by molar-refractivity contribution is 5.86. The number of methoxy groups -OCH3 is 1. The molecule has 5 rings (SSSR count). The standard InChI is InChI=1S/C23H24N4O3/c1-28-11-12-29-17-8-10-27-20(15-25-22(27)13-17)19-6-5-16-3-2-4-21(23(16)26-19)30-18-7-9-24-14-18/h2-6,8,10,13,15,18,24H,7,9,11-12,14H2,1H3. The first-order valence-corrected chi connectivity index (χ1v) is 10.2. The number of rotatable bonds is 7. The van der Waals surface area contributed by atoms with Gasteiger partial charge in [-0.05, 0) is 31.2 Å². The maximum absolute atomic E-state index is 6.24. The lowest BCUT2D eigenvalue weighted by Crippen LogP contribution is -2.19. The summed E-state index contributed by atoms with van der Waals surface area (Å²) < 4.78 is 19.0. The molecule has 1 aliphatic rings. The summed E-state index contributed by atoms with van der Waals surface area (Å²) >= 11 is 0. The van der Waals surface area contributed by atoms with Crippen LogP contribution in [0.15, 0.2) is 54.9 Å². The molecule has 1 aliphatic heterocycles. The van der Waals surface area contributed by atoms with Crippen LogP contribution in [-0.2, 0) is 4.74 Å². The lowest BCUT2D eigenvalue weighted by Gasteiger charge is -2.14. The van der Waals surface area contributed by atoms with Gasteiger partial charge in [0.1, 0.15) is 35.4 Å². The van der Waals surface area contributed by atoms with Crippen molar-refractivity contribution in [3.8, 4) is 22.9 Å². The largest absolute Gasteiger partial charge is 0.491 e. The van der Waals surface area contributed by atoms with E-state index >= 15 is 0 Å². The minimum Gasteiger partial charge on any atom is -0.491 e. The molecule has 4 heterocycles. The Balaban J connectivity index is 1.48. The van der Waals surface area contributed by atoms with Crippen LogP contribution >= 0.6 is 0 Å². The van der Waals surface area contributed by atoms with Crippen LogP contribution in [0.5, 0.6) is 11.5 Å². The van der Waals surface area contributed by atoms with Crippen LogP contribution in [0.1, 0.15) is 6.42 Å². The van der Waals surface area contributed by atoms with Crippen LogP contribution in [0, 0.1) is 0 Å². The summed E-state index contributed by atoms with van der Waals surface area (Å²) in [6.45, 7) is 2.92. The second-order valence-corrected chi connectivity index (χ2v) is 7.33. The summed E-state index contributed by atoms with van der Waals surface area (Å²) in [6.07, 6.45) is 5.00. The molecule has 0 amide bonds. The predicted molar refractivity (Wildman–Crippen MR) is 115 cm³/mol. The van der Waals surface area contributed by atoms with Gasteiger partial charge in [0.15, 0.2) is 0 Å². The molecule has 7 heteroatoms. The van der Waals surface area contributed by atoms with E-state index in [1.54, 1.807) is 7.11 Å². The predicted octanol–water partition coefficient (Wildman–Crippen LogP) is 3.32. The summed E-state index contributed by atoms with van der Waals surface area (Å²) in [6, 6.07) is 14.0. The third kappa shape index (κ3) is 3.69. The molecule has 0 aliphatic carbocycles. The van der Waals surface area contributed by atoms with E-state index in [4.69, 9.17) is 19.2 Å². The van der Waals surface area contributed by atoms with Crippen molar-refractivity contribution in [2.75, 3.05) is 33.4 Å². The molecule has 1 fully saturated rings. The van der Waals surface area contributed by atoms with Gasteiger partial charge in [-0.1, -0.05) is 18.2 Å². The first kappa shape index (κ1) is 18.8. The number of nitrogens with zero attached hydrogens (tertiary/aromatic N) is 3. The van der Waals surface area contributed by atoms with E-state index < -0.39 is 0 Å². The van der Waals surface area contributed by atoms with Gasteiger partial charge in [-0.3, -0.25) is 4.40 Å². The van der Waals surface area contributed by atoms with Gasteiger partial charge in [0.25, 0.3) is 0 Å². The second-order valence-electron chi connectivity index (χ2n) is 7.33. The first-order chi connectivity index (χ1) is 14.8. The zero-order valence-electron chi connectivity index (χ0n) is 16.9. The molecule has 1 N–H and O–H groups in total. The number of imidazole rings is 1. The van der Waals surface area contributed by atoms with Crippen molar-refractivity contribution >= 4 is 16.6 Å². The topological polar surface area (TPSA) is 69.9 Å². The number of fused-ring (bicyclic) bond motifs is 2. The molecule has 154 valence electrons. The van der Waals surface area contributed by atoms with Crippen molar-refractivity contribution in [2.24, 2.45) is 0 Å². The Morgan fingerprint density at radius 2 is 2.13 bits per heavy atom. The maximum Gasteiger partial charge on any atom is 0.146 e. The average molecular weight is 404 g/mol. The molecule has 0 spiro atoms. The molecule has 0 radical (unpaired) electrons.